The van der Waals surface area contributed by atoms with Crippen LogP contribution in [0.1, 0.15) is 41.3 Å². The van der Waals surface area contributed by atoms with E-state index in [1.54, 1.807) is 18.3 Å². The summed E-state index contributed by atoms with van der Waals surface area (Å²) in [6.45, 7) is 6.42. The van der Waals surface area contributed by atoms with Gasteiger partial charge in [-0.3, -0.25) is 9.78 Å². The second-order valence-electron chi connectivity index (χ2n) is 6.18. The number of esters is 1. The molecule has 1 N–H and O–H groups in total. The molecule has 2 aromatic rings. The summed E-state index contributed by atoms with van der Waals surface area (Å²) >= 11 is 0. The number of rotatable bonds is 8. The van der Waals surface area contributed by atoms with Gasteiger partial charge in [0.1, 0.15) is 12.4 Å². The number of hydrogen-bond donors (Lipinski definition) is 1. The zero-order valence-electron chi connectivity index (χ0n) is 15.7. The second kappa shape index (κ2) is 11.2. The number of benzene rings is 1. The predicted octanol–water partition coefficient (Wildman–Crippen LogP) is 3.29. The molecule has 27 heavy (non-hydrogen) atoms. The zero-order valence-corrected chi connectivity index (χ0v) is 16.5. The van der Waals surface area contributed by atoms with Crippen LogP contribution in [0.15, 0.2) is 42.7 Å². The molecule has 6 nitrogen and oxygen atoms in total. The van der Waals surface area contributed by atoms with Gasteiger partial charge < -0.3 is 14.8 Å². The molecule has 0 saturated carbocycles. The van der Waals surface area contributed by atoms with Gasteiger partial charge in [0.2, 0.25) is 0 Å². The Balaban J connectivity index is 0.00000364. The number of hydrogen-bond acceptors (Lipinski definition) is 5. The molecule has 0 saturated heterocycles. The Morgan fingerprint density at radius 2 is 2.00 bits per heavy atom. The molecule has 0 aliphatic rings. The number of halogens is 1. The first kappa shape index (κ1) is 22.4. The van der Waals surface area contributed by atoms with Crippen molar-refractivity contribution in [3.63, 3.8) is 0 Å². The Hall–Kier alpha value is -2.60. The van der Waals surface area contributed by atoms with E-state index in [0.29, 0.717) is 17.2 Å². The van der Waals surface area contributed by atoms with Crippen LogP contribution in [0, 0.1) is 6.92 Å². The maximum absolute atomic E-state index is 11.8. The average Bonchev–Trinajstić information content (AvgIpc) is 2.63. The normalized spacial score (nSPS) is 10.1. The van der Waals surface area contributed by atoms with Crippen LogP contribution < -0.4 is 10.1 Å². The Kier molecular flexibility index (Phi) is 9.30. The van der Waals surface area contributed by atoms with E-state index in [9.17, 15) is 9.59 Å². The fraction of sp³-hybridized carbons (Fsp3) is 0.350. The van der Waals surface area contributed by atoms with E-state index in [4.69, 9.17) is 9.47 Å². The van der Waals surface area contributed by atoms with Gasteiger partial charge in [-0.25, -0.2) is 4.79 Å². The molecule has 0 atom stereocenters. The quantitative estimate of drug-likeness (QED) is 0.551. The maximum atomic E-state index is 11.8. The van der Waals surface area contributed by atoms with Crippen LogP contribution >= 0.6 is 12.4 Å². The van der Waals surface area contributed by atoms with Crippen LogP contribution in [0.2, 0.25) is 0 Å². The second-order valence-corrected chi connectivity index (χ2v) is 6.18. The van der Waals surface area contributed by atoms with Gasteiger partial charge in [-0.05, 0) is 48.2 Å². The third kappa shape index (κ3) is 7.27. The predicted molar refractivity (Wildman–Crippen MR) is 106 cm³/mol. The first-order valence-corrected chi connectivity index (χ1v) is 8.54. The zero-order chi connectivity index (χ0) is 18.9. The van der Waals surface area contributed by atoms with E-state index < -0.39 is 5.97 Å². The third-order valence-electron chi connectivity index (χ3n) is 3.79. The van der Waals surface area contributed by atoms with Crippen molar-refractivity contribution in [2.24, 2.45) is 0 Å². The van der Waals surface area contributed by atoms with E-state index in [-0.39, 0.29) is 38.1 Å². The molecule has 1 heterocycles. The first-order chi connectivity index (χ1) is 12.5. The Labute approximate surface area is 165 Å². The Morgan fingerprint density at radius 1 is 1.22 bits per heavy atom. The molecule has 0 aliphatic heterocycles. The Bertz CT molecular complexity index is 751. The van der Waals surface area contributed by atoms with Gasteiger partial charge in [0.05, 0.1) is 12.1 Å². The highest BCUT2D eigenvalue weighted by molar-refractivity contribution is 5.93. The van der Waals surface area contributed by atoms with Crippen molar-refractivity contribution < 1.29 is 19.1 Å². The summed E-state index contributed by atoms with van der Waals surface area (Å²) in [4.78, 5) is 27.4. The minimum atomic E-state index is -0.480. The van der Waals surface area contributed by atoms with Gasteiger partial charge in [0.25, 0.3) is 5.91 Å². The van der Waals surface area contributed by atoms with Crippen LogP contribution in [-0.2, 0) is 9.53 Å². The maximum Gasteiger partial charge on any atom is 0.344 e. The summed E-state index contributed by atoms with van der Waals surface area (Å²) in [5, 5.41) is 2.66. The topological polar surface area (TPSA) is 77.5 Å². The van der Waals surface area contributed by atoms with Crippen molar-refractivity contribution in [1.82, 2.24) is 10.3 Å². The van der Waals surface area contributed by atoms with Gasteiger partial charge in [0, 0.05) is 12.4 Å². The van der Waals surface area contributed by atoms with Crippen LogP contribution in [0.5, 0.6) is 5.75 Å². The molecule has 0 radical (unpaired) electrons. The van der Waals surface area contributed by atoms with Crippen molar-refractivity contribution in [3.8, 4) is 5.75 Å². The van der Waals surface area contributed by atoms with Gasteiger partial charge in [-0.1, -0.05) is 19.9 Å². The molecule has 1 amide bonds. The van der Waals surface area contributed by atoms with Gasteiger partial charge >= 0.3 is 5.97 Å². The number of nitrogens with zero attached hydrogens (tertiary/aromatic N) is 1. The van der Waals surface area contributed by atoms with Crippen molar-refractivity contribution in [1.29, 1.82) is 0 Å². The number of pyridine rings is 1. The standard InChI is InChI=1S/C20H24N2O4.ClH/c1-14(2)18-7-6-17(11-15(18)3)26-13-19(23)25-10-9-22-20(24)16-5-4-8-21-12-16;/h4-8,11-12,14H,9-10,13H2,1-3H3,(H,22,24);1H. The molecule has 2 rings (SSSR count). The highest BCUT2D eigenvalue weighted by Crippen LogP contribution is 2.23. The first-order valence-electron chi connectivity index (χ1n) is 8.54. The van der Waals surface area contributed by atoms with Crippen LogP contribution in [-0.4, -0.2) is 36.6 Å². The number of carbonyl (C=O) groups is 2. The molecule has 0 unspecified atom stereocenters. The van der Waals surface area contributed by atoms with Gasteiger partial charge in [-0.15, -0.1) is 12.4 Å². The molecule has 0 aliphatic carbocycles. The largest absolute Gasteiger partial charge is 0.482 e. The van der Waals surface area contributed by atoms with Crippen LogP contribution in [0.3, 0.4) is 0 Å². The molecule has 1 aromatic carbocycles. The highest BCUT2D eigenvalue weighted by atomic mass is 35.5. The molecular weight excluding hydrogens is 368 g/mol. The van der Waals surface area contributed by atoms with Gasteiger partial charge in [-0.2, -0.15) is 0 Å². The summed E-state index contributed by atoms with van der Waals surface area (Å²) in [5.41, 5.74) is 2.84. The molecule has 0 spiro atoms. The molecule has 146 valence electrons. The smallest absolute Gasteiger partial charge is 0.344 e. The lowest BCUT2D eigenvalue weighted by atomic mass is 9.98. The third-order valence-corrected chi connectivity index (χ3v) is 3.79. The van der Waals surface area contributed by atoms with E-state index in [0.717, 1.165) is 5.56 Å². The lowest BCUT2D eigenvalue weighted by molar-refractivity contribution is -0.145. The molecular formula is C20H25ClN2O4. The molecule has 7 heteroatoms. The molecule has 1 aromatic heterocycles. The summed E-state index contributed by atoms with van der Waals surface area (Å²) < 4.78 is 10.5. The molecule has 0 bridgehead atoms. The van der Waals surface area contributed by atoms with Gasteiger partial charge in [0.15, 0.2) is 6.61 Å². The number of aryl methyl sites for hydroxylation is 1. The number of ether oxygens (including phenoxy) is 2. The highest BCUT2D eigenvalue weighted by Gasteiger charge is 2.08. The number of carbonyl (C=O) groups excluding carboxylic acids is 2. The minimum absolute atomic E-state index is 0. The Morgan fingerprint density at radius 3 is 2.63 bits per heavy atom. The SMILES string of the molecule is Cc1cc(OCC(=O)OCCNC(=O)c2cccnc2)ccc1C(C)C.Cl. The lowest BCUT2D eigenvalue weighted by Crippen LogP contribution is -2.28. The van der Waals surface area contributed by atoms with Crippen LogP contribution in [0.4, 0.5) is 0 Å². The van der Waals surface area contributed by atoms with Crippen molar-refractivity contribution in [3.05, 3.63) is 59.4 Å². The number of amides is 1. The number of aromatic nitrogens is 1. The van der Waals surface area contributed by atoms with E-state index >= 15 is 0 Å². The monoisotopic (exact) mass is 392 g/mol. The number of nitrogens with one attached hydrogen (secondary N) is 1. The molecule has 0 fully saturated rings. The summed E-state index contributed by atoms with van der Waals surface area (Å²) in [5.74, 6) is 0.335. The fourth-order valence-corrected chi connectivity index (χ4v) is 2.50. The van der Waals surface area contributed by atoms with E-state index in [1.165, 1.54) is 11.8 Å². The fourth-order valence-electron chi connectivity index (χ4n) is 2.50. The van der Waals surface area contributed by atoms with E-state index in [1.807, 2.05) is 25.1 Å². The summed E-state index contributed by atoms with van der Waals surface area (Å²) in [6, 6.07) is 9.12. The minimum Gasteiger partial charge on any atom is -0.482 e. The van der Waals surface area contributed by atoms with Crippen molar-refractivity contribution in [2.45, 2.75) is 26.7 Å². The average molecular weight is 393 g/mol. The summed E-state index contributed by atoms with van der Waals surface area (Å²) in [6.07, 6.45) is 3.07. The van der Waals surface area contributed by atoms with Crippen molar-refractivity contribution in [2.75, 3.05) is 19.8 Å². The van der Waals surface area contributed by atoms with E-state index in [2.05, 4.69) is 24.1 Å². The lowest BCUT2D eigenvalue weighted by Gasteiger charge is -2.12. The van der Waals surface area contributed by atoms with Crippen molar-refractivity contribution >= 4 is 24.3 Å². The van der Waals surface area contributed by atoms with Crippen LogP contribution in [0.25, 0.3) is 0 Å². The summed E-state index contributed by atoms with van der Waals surface area (Å²) in [7, 11) is 0.